The van der Waals surface area contributed by atoms with Crippen molar-refractivity contribution in [3.05, 3.63) is 0 Å². The molecule has 0 fully saturated rings. The Kier molecular flexibility index (Phi) is 11.1. The largest absolute Gasteiger partial charge is 0.355 e. The number of nitrogens with two attached hydrogens (primary N) is 1. The van der Waals surface area contributed by atoms with Crippen molar-refractivity contribution in [3.63, 3.8) is 0 Å². The zero-order valence-corrected chi connectivity index (χ0v) is 12.3. The molecule has 0 aromatic carbocycles. The molecule has 0 aromatic heterocycles. The number of carbonyl (C=O) groups excluding carboxylic acids is 1. The van der Waals surface area contributed by atoms with Crippen LogP contribution in [0.15, 0.2) is 0 Å². The fraction of sp³-hybridized carbons (Fsp3) is 0.929. The summed E-state index contributed by atoms with van der Waals surface area (Å²) in [7, 11) is 0. The summed E-state index contributed by atoms with van der Waals surface area (Å²) < 4.78 is 0. The number of nitrogens with one attached hydrogen (secondary N) is 2. The van der Waals surface area contributed by atoms with Gasteiger partial charge in [-0.25, -0.2) is 0 Å². The van der Waals surface area contributed by atoms with Gasteiger partial charge in [-0.05, 0) is 25.8 Å². The Balaban J connectivity index is 3.44. The Hall–Kier alpha value is -0.610. The van der Waals surface area contributed by atoms with Gasteiger partial charge in [0, 0.05) is 12.6 Å². The van der Waals surface area contributed by atoms with Crippen LogP contribution in [0.5, 0.6) is 0 Å². The molecule has 0 unspecified atom stereocenters. The van der Waals surface area contributed by atoms with Gasteiger partial charge in [-0.2, -0.15) is 0 Å². The van der Waals surface area contributed by atoms with Crippen molar-refractivity contribution >= 4 is 5.91 Å². The van der Waals surface area contributed by atoms with Crippen LogP contribution in [0, 0.1) is 0 Å². The summed E-state index contributed by atoms with van der Waals surface area (Å²) in [6.45, 7) is 8.18. The minimum absolute atomic E-state index is 0.00271. The Labute approximate surface area is 112 Å². The molecule has 18 heavy (non-hydrogen) atoms. The van der Waals surface area contributed by atoms with Crippen LogP contribution in [0.1, 0.15) is 59.3 Å². The predicted octanol–water partition coefficient (Wildman–Crippen LogP) is 1.79. The van der Waals surface area contributed by atoms with Gasteiger partial charge in [-0.3, -0.25) is 4.79 Å². The number of unbranched alkanes of at least 4 members (excludes halogenated alkanes) is 3. The molecule has 0 rings (SSSR count). The van der Waals surface area contributed by atoms with Crippen molar-refractivity contribution in [1.82, 2.24) is 10.6 Å². The smallest absolute Gasteiger partial charge is 0.236 e. The van der Waals surface area contributed by atoms with Crippen LogP contribution in [0.2, 0.25) is 0 Å². The second kappa shape index (κ2) is 11.5. The van der Waals surface area contributed by atoms with E-state index in [1.54, 1.807) is 0 Å². The molecular weight excluding hydrogens is 226 g/mol. The maximum absolute atomic E-state index is 11.6. The Morgan fingerprint density at radius 1 is 1.11 bits per heavy atom. The summed E-state index contributed by atoms with van der Waals surface area (Å²) in [4.78, 5) is 11.6. The van der Waals surface area contributed by atoms with Gasteiger partial charge in [0.1, 0.15) is 0 Å². The molecule has 4 heteroatoms. The van der Waals surface area contributed by atoms with Crippen molar-refractivity contribution in [2.75, 3.05) is 13.1 Å². The Morgan fingerprint density at radius 3 is 2.39 bits per heavy atom. The lowest BCUT2D eigenvalue weighted by molar-refractivity contribution is -0.122. The van der Waals surface area contributed by atoms with E-state index in [1.165, 1.54) is 6.42 Å². The average Bonchev–Trinajstić information content (AvgIpc) is 2.33. The first-order chi connectivity index (χ1) is 8.57. The fourth-order valence-electron chi connectivity index (χ4n) is 1.73. The molecule has 4 nitrogen and oxygen atoms in total. The third kappa shape index (κ3) is 10.5. The van der Waals surface area contributed by atoms with Crippen LogP contribution in [0.25, 0.3) is 0 Å². The van der Waals surface area contributed by atoms with E-state index >= 15 is 0 Å². The predicted molar refractivity (Wildman–Crippen MR) is 77.5 cm³/mol. The molecule has 0 aliphatic rings. The zero-order chi connectivity index (χ0) is 13.8. The van der Waals surface area contributed by atoms with Crippen molar-refractivity contribution in [1.29, 1.82) is 0 Å². The lowest BCUT2D eigenvalue weighted by atomic mass is 10.1. The van der Waals surface area contributed by atoms with Gasteiger partial charge in [0.25, 0.3) is 0 Å². The molecule has 0 aliphatic heterocycles. The van der Waals surface area contributed by atoms with E-state index in [4.69, 9.17) is 5.73 Å². The van der Waals surface area contributed by atoms with E-state index < -0.39 is 0 Å². The first-order valence-corrected chi connectivity index (χ1v) is 7.34. The summed E-state index contributed by atoms with van der Waals surface area (Å²) >= 11 is 0. The highest BCUT2D eigenvalue weighted by Crippen LogP contribution is 1.99. The topological polar surface area (TPSA) is 67.2 Å². The van der Waals surface area contributed by atoms with E-state index in [0.717, 1.165) is 45.2 Å². The monoisotopic (exact) mass is 257 g/mol. The molecule has 0 spiro atoms. The minimum atomic E-state index is -0.342. The molecule has 1 atom stereocenters. The third-order valence-electron chi connectivity index (χ3n) is 2.91. The highest BCUT2D eigenvalue weighted by atomic mass is 16.2. The number of amides is 1. The van der Waals surface area contributed by atoms with E-state index in [1.807, 2.05) is 0 Å². The molecule has 0 heterocycles. The molecular formula is C14H31N3O. The standard InChI is InChI=1S/C14H31N3O/c1-4-5-7-11-17-14(18)13(15)9-6-8-10-16-12(2)3/h12-13,16H,4-11,15H2,1-3H3,(H,17,18)/t13-/m1/s1. The number of rotatable bonds is 11. The molecule has 108 valence electrons. The minimum Gasteiger partial charge on any atom is -0.355 e. The van der Waals surface area contributed by atoms with E-state index in [-0.39, 0.29) is 11.9 Å². The molecule has 0 bridgehead atoms. The highest BCUT2D eigenvalue weighted by molar-refractivity contribution is 5.81. The van der Waals surface area contributed by atoms with Gasteiger partial charge in [0.2, 0.25) is 5.91 Å². The molecule has 1 amide bonds. The van der Waals surface area contributed by atoms with Crippen LogP contribution in [0.4, 0.5) is 0 Å². The molecule has 0 aliphatic carbocycles. The van der Waals surface area contributed by atoms with Crippen molar-refractivity contribution < 1.29 is 4.79 Å². The van der Waals surface area contributed by atoms with Gasteiger partial charge in [0.15, 0.2) is 0 Å². The Morgan fingerprint density at radius 2 is 1.78 bits per heavy atom. The van der Waals surface area contributed by atoms with E-state index in [2.05, 4.69) is 31.4 Å². The van der Waals surface area contributed by atoms with Crippen LogP contribution >= 0.6 is 0 Å². The zero-order valence-electron chi connectivity index (χ0n) is 12.3. The fourth-order valence-corrected chi connectivity index (χ4v) is 1.73. The lowest BCUT2D eigenvalue weighted by Crippen LogP contribution is -2.41. The van der Waals surface area contributed by atoms with Gasteiger partial charge in [0.05, 0.1) is 6.04 Å². The number of carbonyl (C=O) groups is 1. The van der Waals surface area contributed by atoms with Crippen LogP contribution < -0.4 is 16.4 Å². The maximum Gasteiger partial charge on any atom is 0.236 e. The number of hydrogen-bond donors (Lipinski definition) is 3. The second-order valence-electron chi connectivity index (χ2n) is 5.21. The van der Waals surface area contributed by atoms with Gasteiger partial charge in [-0.15, -0.1) is 0 Å². The summed E-state index contributed by atoms with van der Waals surface area (Å²) in [5.74, 6) is 0.00271. The van der Waals surface area contributed by atoms with Crippen LogP contribution in [0.3, 0.4) is 0 Å². The molecule has 0 radical (unpaired) electrons. The third-order valence-corrected chi connectivity index (χ3v) is 2.91. The molecule has 0 aromatic rings. The van der Waals surface area contributed by atoms with Crippen LogP contribution in [-0.4, -0.2) is 31.1 Å². The summed E-state index contributed by atoms with van der Waals surface area (Å²) in [6.07, 6.45) is 6.24. The summed E-state index contributed by atoms with van der Waals surface area (Å²) in [5.41, 5.74) is 5.84. The normalized spacial score (nSPS) is 12.7. The van der Waals surface area contributed by atoms with Gasteiger partial charge in [-0.1, -0.05) is 40.0 Å². The molecule has 0 saturated heterocycles. The summed E-state index contributed by atoms with van der Waals surface area (Å²) in [5, 5.41) is 6.25. The quantitative estimate of drug-likeness (QED) is 0.494. The van der Waals surface area contributed by atoms with Crippen molar-refractivity contribution in [2.24, 2.45) is 5.73 Å². The van der Waals surface area contributed by atoms with E-state index in [0.29, 0.717) is 6.04 Å². The first kappa shape index (κ1) is 17.4. The van der Waals surface area contributed by atoms with E-state index in [9.17, 15) is 4.79 Å². The van der Waals surface area contributed by atoms with Gasteiger partial charge >= 0.3 is 0 Å². The summed E-state index contributed by atoms with van der Waals surface area (Å²) in [6, 6.07) is 0.186. The Bertz CT molecular complexity index is 207. The lowest BCUT2D eigenvalue weighted by Gasteiger charge is -2.12. The van der Waals surface area contributed by atoms with Gasteiger partial charge < -0.3 is 16.4 Å². The number of hydrogen-bond acceptors (Lipinski definition) is 3. The average molecular weight is 257 g/mol. The first-order valence-electron chi connectivity index (χ1n) is 7.34. The maximum atomic E-state index is 11.6. The SMILES string of the molecule is CCCCCNC(=O)[C@H](N)CCCCNC(C)C. The van der Waals surface area contributed by atoms with Crippen LogP contribution in [-0.2, 0) is 4.79 Å². The van der Waals surface area contributed by atoms with Crippen molar-refractivity contribution in [3.8, 4) is 0 Å². The highest BCUT2D eigenvalue weighted by Gasteiger charge is 2.11. The van der Waals surface area contributed by atoms with Crippen molar-refractivity contribution in [2.45, 2.75) is 71.4 Å². The second-order valence-corrected chi connectivity index (χ2v) is 5.21. The molecule has 4 N–H and O–H groups in total. The molecule has 0 saturated carbocycles.